The first-order valence-corrected chi connectivity index (χ1v) is 13.1. The van der Waals surface area contributed by atoms with Crippen LogP contribution in [-0.2, 0) is 38.1 Å². The first-order valence-electron chi connectivity index (χ1n) is 12.0. The second kappa shape index (κ2) is 18.3. The van der Waals surface area contributed by atoms with Gasteiger partial charge in [0, 0.05) is 35.0 Å². The highest BCUT2D eigenvalue weighted by molar-refractivity contribution is 6.44. The molecule has 0 saturated heterocycles. The first-order chi connectivity index (χ1) is 19.4. The molecule has 12 nitrogen and oxygen atoms in total. The van der Waals surface area contributed by atoms with Crippen LogP contribution >= 0.6 is 34.8 Å². The number of allylic oxidation sites excluding steroid dienone is 1. The van der Waals surface area contributed by atoms with E-state index in [1.807, 2.05) is 0 Å². The Morgan fingerprint density at radius 1 is 0.951 bits per heavy atom. The lowest BCUT2D eigenvalue weighted by Gasteiger charge is -2.32. The van der Waals surface area contributed by atoms with Crippen LogP contribution in [0.25, 0.3) is 0 Å². The summed E-state index contributed by atoms with van der Waals surface area (Å²) in [4.78, 5) is 45.0. The van der Waals surface area contributed by atoms with Crippen LogP contribution in [0.4, 0.5) is 0 Å². The monoisotopic (exact) mass is 636 g/mol. The van der Waals surface area contributed by atoms with Gasteiger partial charge < -0.3 is 40.2 Å². The fraction of sp³-hybridized carbons (Fsp3) is 0.385. The molecule has 0 unspecified atom stereocenters. The number of carboxylic acids is 2. The Bertz CT molecular complexity index is 1200. The second-order valence-electron chi connectivity index (χ2n) is 7.92. The number of rotatable bonds is 13. The summed E-state index contributed by atoms with van der Waals surface area (Å²) in [7, 11) is 1.24. The summed E-state index contributed by atoms with van der Waals surface area (Å²) in [5.74, 6) is -4.83. The molecule has 0 fully saturated rings. The van der Waals surface area contributed by atoms with Gasteiger partial charge in [-0.1, -0.05) is 34.8 Å². The molecule has 5 N–H and O–H groups in total. The van der Waals surface area contributed by atoms with Gasteiger partial charge in [0.25, 0.3) is 0 Å². The summed E-state index contributed by atoms with van der Waals surface area (Å²) in [6.45, 7) is 4.89. The van der Waals surface area contributed by atoms with Gasteiger partial charge in [-0.15, -0.1) is 0 Å². The lowest BCUT2D eigenvalue weighted by molar-refractivity contribution is -0.139. The van der Waals surface area contributed by atoms with Gasteiger partial charge in [-0.2, -0.15) is 0 Å². The van der Waals surface area contributed by atoms with Gasteiger partial charge in [0.2, 0.25) is 0 Å². The summed E-state index contributed by atoms with van der Waals surface area (Å²) < 4.78 is 21.3. The van der Waals surface area contributed by atoms with E-state index in [4.69, 9.17) is 69.7 Å². The number of halogens is 3. The van der Waals surface area contributed by atoms with E-state index in [1.165, 1.54) is 13.2 Å². The van der Waals surface area contributed by atoms with Crippen LogP contribution in [-0.4, -0.2) is 80.8 Å². The first kappa shape index (κ1) is 35.9. The molecule has 2 rings (SSSR count). The molecule has 0 bridgehead atoms. The molecule has 0 radical (unpaired) electrons. The molecular weight excluding hydrogens is 607 g/mol. The van der Waals surface area contributed by atoms with Crippen LogP contribution in [0.5, 0.6) is 0 Å². The molecule has 15 heteroatoms. The predicted octanol–water partition coefficient (Wildman–Crippen LogP) is 3.30. The topological polar surface area (TPSA) is 184 Å². The summed E-state index contributed by atoms with van der Waals surface area (Å²) in [6, 6.07) is 3.08. The van der Waals surface area contributed by atoms with Gasteiger partial charge in [0.15, 0.2) is 0 Å². The number of benzene rings is 1. The van der Waals surface area contributed by atoms with Crippen molar-refractivity contribution in [2.24, 2.45) is 5.73 Å². The van der Waals surface area contributed by atoms with E-state index in [0.717, 1.165) is 0 Å². The van der Waals surface area contributed by atoms with E-state index in [1.54, 1.807) is 19.9 Å². The largest absolute Gasteiger partial charge is 0.478 e. The normalized spacial score (nSPS) is 14.8. The minimum atomic E-state index is -1.26. The van der Waals surface area contributed by atoms with Crippen molar-refractivity contribution in [3.05, 3.63) is 67.5 Å². The average molecular weight is 638 g/mol. The zero-order valence-corrected chi connectivity index (χ0v) is 24.8. The van der Waals surface area contributed by atoms with Crippen molar-refractivity contribution in [1.82, 2.24) is 5.32 Å². The maximum atomic E-state index is 13.1. The molecule has 0 amide bonds. The third-order valence-electron chi connectivity index (χ3n) is 5.16. The van der Waals surface area contributed by atoms with Crippen molar-refractivity contribution in [2.75, 3.05) is 46.7 Å². The van der Waals surface area contributed by atoms with Crippen molar-refractivity contribution in [2.45, 2.75) is 19.8 Å². The van der Waals surface area contributed by atoms with Crippen LogP contribution < -0.4 is 11.1 Å². The van der Waals surface area contributed by atoms with Crippen LogP contribution in [0.3, 0.4) is 0 Å². The fourth-order valence-electron chi connectivity index (χ4n) is 3.56. The van der Waals surface area contributed by atoms with Gasteiger partial charge in [-0.05, 0) is 26.0 Å². The maximum absolute atomic E-state index is 13.1. The van der Waals surface area contributed by atoms with Crippen molar-refractivity contribution < 1.29 is 48.3 Å². The molecule has 0 aliphatic carbocycles. The molecule has 1 atom stereocenters. The molecular formula is C26H31Cl3N2O10. The summed E-state index contributed by atoms with van der Waals surface area (Å²) in [5, 5.41) is 19.3. The minimum Gasteiger partial charge on any atom is -0.478 e. The lowest BCUT2D eigenvalue weighted by Crippen LogP contribution is -2.35. The van der Waals surface area contributed by atoms with Gasteiger partial charge in [-0.3, -0.25) is 0 Å². The van der Waals surface area contributed by atoms with E-state index in [2.05, 4.69) is 5.32 Å². The highest BCUT2D eigenvalue weighted by atomic mass is 35.5. The number of carbonyl (C=O) groups excluding carboxylic acids is 2. The van der Waals surface area contributed by atoms with Crippen LogP contribution in [0.2, 0.25) is 15.1 Å². The Morgan fingerprint density at radius 3 is 2.07 bits per heavy atom. The Hall–Kier alpha value is -3.13. The van der Waals surface area contributed by atoms with Gasteiger partial charge in [0.1, 0.15) is 0 Å². The Morgan fingerprint density at radius 2 is 1.54 bits per heavy atom. The van der Waals surface area contributed by atoms with Gasteiger partial charge in [-0.25, -0.2) is 19.2 Å². The second-order valence-corrected chi connectivity index (χ2v) is 9.11. The number of dihydropyridines is 1. The van der Waals surface area contributed by atoms with E-state index < -0.39 is 29.8 Å². The molecule has 41 heavy (non-hydrogen) atoms. The number of aliphatic carboxylic acids is 2. The highest BCUT2D eigenvalue weighted by Gasteiger charge is 2.41. The summed E-state index contributed by atoms with van der Waals surface area (Å²) in [6.07, 6.45) is 1.12. The zero-order valence-electron chi connectivity index (χ0n) is 22.5. The van der Waals surface area contributed by atoms with E-state index >= 15 is 0 Å². The molecule has 0 aromatic heterocycles. The third-order valence-corrected chi connectivity index (χ3v) is 6.31. The van der Waals surface area contributed by atoms with Gasteiger partial charge >= 0.3 is 23.9 Å². The van der Waals surface area contributed by atoms with Crippen molar-refractivity contribution >= 4 is 58.7 Å². The number of nitrogens with one attached hydrogen (secondary N) is 1. The summed E-state index contributed by atoms with van der Waals surface area (Å²) in [5.41, 5.74) is 6.82. The van der Waals surface area contributed by atoms with E-state index in [-0.39, 0.29) is 46.0 Å². The lowest BCUT2D eigenvalue weighted by atomic mass is 9.80. The quantitative estimate of drug-likeness (QED) is 0.107. The SMILES string of the molecule is CCOC(=O)C1=C(COCCOCCN)NC(C)=C(C(=O)OC)[C@H]1c1c(Cl)ccc(Cl)c1Cl.O=C(O)/C=C/C(=O)O. The smallest absolute Gasteiger partial charge is 0.336 e. The molecule has 1 aromatic rings. The number of esters is 2. The predicted molar refractivity (Wildman–Crippen MR) is 151 cm³/mol. The third kappa shape index (κ3) is 11.0. The van der Waals surface area contributed by atoms with Crippen LogP contribution in [0, 0.1) is 0 Å². The number of methoxy groups -OCH3 is 1. The molecule has 1 heterocycles. The Balaban J connectivity index is 0.000000915. The highest BCUT2D eigenvalue weighted by Crippen LogP contribution is 2.46. The number of hydrogen-bond donors (Lipinski definition) is 4. The number of carboxylic acid groups (broad SMARTS) is 2. The number of hydrogen-bond acceptors (Lipinski definition) is 10. The van der Waals surface area contributed by atoms with Gasteiger partial charge in [0.05, 0.1) is 73.0 Å². The Labute approximate surface area is 251 Å². The van der Waals surface area contributed by atoms with Crippen molar-refractivity contribution in [1.29, 1.82) is 0 Å². The molecule has 1 aromatic carbocycles. The Kier molecular flexibility index (Phi) is 16.1. The van der Waals surface area contributed by atoms with Crippen molar-refractivity contribution in [3.8, 4) is 0 Å². The average Bonchev–Trinajstić information content (AvgIpc) is 2.91. The molecule has 226 valence electrons. The van der Waals surface area contributed by atoms with E-state index in [9.17, 15) is 19.2 Å². The standard InChI is InChI=1S/C22H27Cl3N2O6.C4H4O4/c1-4-33-22(29)18-15(11-32-10-9-31-8-7-26)27-12(2)16(21(28)30-3)19(18)17-13(23)5-6-14(24)20(17)25;5-3(6)1-2-4(7)8/h5-6,19,27H,4,7-11,26H2,1-3H3;1-2H,(H,5,6)(H,7,8)/b;2-1+/t19-;/m0./s1. The van der Waals surface area contributed by atoms with E-state index in [0.29, 0.717) is 48.9 Å². The minimum absolute atomic E-state index is 0.0121. The zero-order chi connectivity index (χ0) is 31.1. The van der Waals surface area contributed by atoms with Crippen molar-refractivity contribution in [3.63, 3.8) is 0 Å². The summed E-state index contributed by atoms with van der Waals surface area (Å²) >= 11 is 19.3. The molecule has 1 aliphatic rings. The fourth-order valence-corrected chi connectivity index (χ4v) is 4.31. The number of ether oxygens (including phenoxy) is 4. The van der Waals surface area contributed by atoms with Crippen LogP contribution in [0.15, 0.2) is 46.8 Å². The van der Waals surface area contributed by atoms with Crippen LogP contribution in [0.1, 0.15) is 25.3 Å². The molecule has 1 aliphatic heterocycles. The maximum Gasteiger partial charge on any atom is 0.336 e. The number of carbonyl (C=O) groups is 4. The molecule has 0 spiro atoms. The number of nitrogens with two attached hydrogens (primary N) is 1. The molecule has 0 saturated carbocycles.